The molecule has 3 N–H and O–H groups in total. The number of aliphatic hydroxyl groups is 2. The highest BCUT2D eigenvalue weighted by Gasteiger charge is 2.20. The van der Waals surface area contributed by atoms with Crippen molar-refractivity contribution in [2.45, 2.75) is 366 Å². The summed E-state index contributed by atoms with van der Waals surface area (Å²) in [6.45, 7) is 4.97. The molecule has 0 aromatic heterocycles. The summed E-state index contributed by atoms with van der Waals surface area (Å²) in [5.74, 6) is -0.0277. The van der Waals surface area contributed by atoms with Crippen LogP contribution in [-0.4, -0.2) is 47.4 Å². The number of rotatable bonds is 60. The van der Waals surface area contributed by atoms with Gasteiger partial charge in [-0.2, -0.15) is 0 Å². The fourth-order valence-corrected chi connectivity index (χ4v) is 10.1. The number of aliphatic hydroxyl groups excluding tert-OH is 2. The van der Waals surface area contributed by atoms with Crippen LogP contribution in [0, 0.1) is 0 Å². The number of ether oxygens (including phenoxy) is 1. The molecule has 1 amide bonds. The molecule has 420 valence electrons. The predicted octanol–water partition coefficient (Wildman–Crippen LogP) is 20.2. The van der Waals surface area contributed by atoms with Crippen LogP contribution in [0.25, 0.3) is 0 Å². The molecular weight excluding hydrogens is 875 g/mol. The number of carbonyl (C=O) groups is 2. The van der Waals surface area contributed by atoms with E-state index in [1.807, 2.05) is 0 Å². The maximum atomic E-state index is 12.5. The second-order valence-corrected chi connectivity index (χ2v) is 22.1. The van der Waals surface area contributed by atoms with Crippen molar-refractivity contribution in [2.24, 2.45) is 0 Å². The summed E-state index contributed by atoms with van der Waals surface area (Å²) in [5, 5.41) is 23.3. The average molecular weight is 1000 g/mol. The normalized spacial score (nSPS) is 12.7. The van der Waals surface area contributed by atoms with Crippen LogP contribution in [-0.2, 0) is 14.3 Å². The number of amides is 1. The zero-order valence-electron chi connectivity index (χ0n) is 48.0. The predicted molar refractivity (Wildman–Crippen MR) is 310 cm³/mol. The van der Waals surface area contributed by atoms with E-state index in [4.69, 9.17) is 4.74 Å². The Bertz CT molecular complexity index is 1110. The van der Waals surface area contributed by atoms with Crippen LogP contribution in [0.4, 0.5) is 0 Å². The molecule has 0 aliphatic rings. The van der Waals surface area contributed by atoms with E-state index in [1.54, 1.807) is 0 Å². The first-order valence-electron chi connectivity index (χ1n) is 32.1. The Morgan fingerprint density at radius 3 is 1.07 bits per heavy atom. The highest BCUT2D eigenvalue weighted by Crippen LogP contribution is 2.18. The highest BCUT2D eigenvalue weighted by atomic mass is 16.5. The Balaban J connectivity index is 3.43. The Morgan fingerprint density at radius 2 is 0.704 bits per heavy atom. The van der Waals surface area contributed by atoms with Crippen LogP contribution in [0.1, 0.15) is 354 Å². The molecule has 0 rings (SSSR count). The standard InChI is InChI=1S/C65H125NO5/c1-3-5-7-9-11-13-15-17-18-30-34-37-41-45-49-53-57-63(68)62(61-67)66-64(69)58-54-50-46-42-38-35-31-28-26-24-22-20-19-21-23-25-27-29-32-36-40-44-48-52-56-60-71-65(70)59-55-51-47-43-39-33-16-14-12-10-8-6-4-2/h20-23,62-63,67-68H,3-19,24-61H2,1-2H3,(H,66,69)/b22-20-,23-21-. The monoisotopic (exact) mass is 1000 g/mol. The summed E-state index contributed by atoms with van der Waals surface area (Å²) in [6.07, 6.45) is 74.8. The van der Waals surface area contributed by atoms with Gasteiger partial charge in [0.05, 0.1) is 25.4 Å². The average Bonchev–Trinajstić information content (AvgIpc) is 3.37. The zero-order valence-corrected chi connectivity index (χ0v) is 48.0. The molecule has 0 aliphatic heterocycles. The van der Waals surface area contributed by atoms with Gasteiger partial charge in [-0.3, -0.25) is 9.59 Å². The van der Waals surface area contributed by atoms with Crippen LogP contribution < -0.4 is 5.32 Å². The molecular formula is C65H125NO5. The molecule has 2 unspecified atom stereocenters. The third-order valence-electron chi connectivity index (χ3n) is 15.0. The largest absolute Gasteiger partial charge is 0.466 e. The van der Waals surface area contributed by atoms with Crippen molar-refractivity contribution < 1.29 is 24.5 Å². The molecule has 0 aromatic carbocycles. The van der Waals surface area contributed by atoms with Gasteiger partial charge in [0.1, 0.15) is 0 Å². The summed E-state index contributed by atoms with van der Waals surface area (Å²) in [7, 11) is 0. The smallest absolute Gasteiger partial charge is 0.305 e. The first-order chi connectivity index (χ1) is 35.0. The van der Waals surface area contributed by atoms with Crippen LogP contribution in [0.5, 0.6) is 0 Å². The SMILES string of the molecule is CCCCCCCCCCCCCCCCCCC(O)C(CO)NC(=O)CCCCCCCCCCC/C=C\C/C=C\CCCCCCCCCCCOC(=O)CCCCCCCCCCCCCCC. The van der Waals surface area contributed by atoms with Crippen LogP contribution >= 0.6 is 0 Å². The molecule has 0 aliphatic carbocycles. The first kappa shape index (κ1) is 69.3. The Labute approximate surface area is 443 Å². The van der Waals surface area contributed by atoms with E-state index in [0.29, 0.717) is 25.9 Å². The molecule has 0 saturated carbocycles. The Hall–Kier alpha value is -1.66. The van der Waals surface area contributed by atoms with E-state index in [1.165, 1.54) is 276 Å². The first-order valence-corrected chi connectivity index (χ1v) is 32.1. The van der Waals surface area contributed by atoms with Gasteiger partial charge in [-0.15, -0.1) is 0 Å². The van der Waals surface area contributed by atoms with Gasteiger partial charge in [-0.1, -0.05) is 308 Å². The van der Waals surface area contributed by atoms with Crippen molar-refractivity contribution in [3.63, 3.8) is 0 Å². The Morgan fingerprint density at radius 1 is 0.394 bits per heavy atom. The van der Waals surface area contributed by atoms with Crippen molar-refractivity contribution in [2.75, 3.05) is 13.2 Å². The molecule has 0 radical (unpaired) electrons. The molecule has 0 aromatic rings. The minimum absolute atomic E-state index is 0.0110. The van der Waals surface area contributed by atoms with Gasteiger partial charge in [-0.25, -0.2) is 0 Å². The van der Waals surface area contributed by atoms with Gasteiger partial charge in [0.2, 0.25) is 5.91 Å². The van der Waals surface area contributed by atoms with Crippen molar-refractivity contribution >= 4 is 11.9 Å². The van der Waals surface area contributed by atoms with Crippen molar-refractivity contribution in [1.29, 1.82) is 0 Å². The minimum atomic E-state index is -0.668. The Kier molecular flexibility index (Phi) is 59.5. The number of hydrogen-bond donors (Lipinski definition) is 3. The number of esters is 1. The molecule has 6 heteroatoms. The lowest BCUT2D eigenvalue weighted by Crippen LogP contribution is -2.45. The van der Waals surface area contributed by atoms with E-state index < -0.39 is 12.1 Å². The number of hydrogen-bond acceptors (Lipinski definition) is 5. The number of allylic oxidation sites excluding steroid dienone is 4. The lowest BCUT2D eigenvalue weighted by atomic mass is 10.0. The van der Waals surface area contributed by atoms with Crippen molar-refractivity contribution in [1.82, 2.24) is 5.32 Å². The van der Waals surface area contributed by atoms with E-state index >= 15 is 0 Å². The van der Waals surface area contributed by atoms with Crippen LogP contribution in [0.2, 0.25) is 0 Å². The number of carbonyl (C=O) groups excluding carboxylic acids is 2. The highest BCUT2D eigenvalue weighted by molar-refractivity contribution is 5.76. The fraction of sp³-hybridized carbons (Fsp3) is 0.908. The lowest BCUT2D eigenvalue weighted by molar-refractivity contribution is -0.143. The third-order valence-corrected chi connectivity index (χ3v) is 15.0. The molecule has 2 atom stereocenters. The fourth-order valence-electron chi connectivity index (χ4n) is 10.1. The van der Waals surface area contributed by atoms with Gasteiger partial charge in [0, 0.05) is 12.8 Å². The second-order valence-electron chi connectivity index (χ2n) is 22.1. The minimum Gasteiger partial charge on any atom is -0.466 e. The van der Waals surface area contributed by atoms with E-state index in [9.17, 15) is 19.8 Å². The van der Waals surface area contributed by atoms with Gasteiger partial charge in [0.25, 0.3) is 0 Å². The molecule has 0 saturated heterocycles. The topological polar surface area (TPSA) is 95.9 Å². The molecule has 71 heavy (non-hydrogen) atoms. The zero-order chi connectivity index (χ0) is 51.4. The molecule has 0 fully saturated rings. The van der Waals surface area contributed by atoms with Gasteiger partial charge in [0.15, 0.2) is 0 Å². The van der Waals surface area contributed by atoms with Crippen LogP contribution in [0.3, 0.4) is 0 Å². The number of nitrogens with one attached hydrogen (secondary N) is 1. The summed E-state index contributed by atoms with van der Waals surface area (Å²) in [5.41, 5.74) is 0. The molecule has 0 heterocycles. The quantitative estimate of drug-likeness (QED) is 0.0320. The molecule has 6 nitrogen and oxygen atoms in total. The van der Waals surface area contributed by atoms with Gasteiger partial charge < -0.3 is 20.3 Å². The van der Waals surface area contributed by atoms with E-state index in [0.717, 1.165) is 44.9 Å². The summed E-state index contributed by atoms with van der Waals surface area (Å²) in [4.78, 5) is 24.5. The number of unbranched alkanes of at least 4 members (excludes halogenated alkanes) is 45. The maximum Gasteiger partial charge on any atom is 0.305 e. The summed E-state index contributed by atoms with van der Waals surface area (Å²) >= 11 is 0. The third kappa shape index (κ3) is 57.5. The lowest BCUT2D eigenvalue weighted by Gasteiger charge is -2.22. The van der Waals surface area contributed by atoms with Crippen molar-refractivity contribution in [3.05, 3.63) is 24.3 Å². The summed E-state index contributed by atoms with van der Waals surface area (Å²) in [6, 6.07) is -0.546. The van der Waals surface area contributed by atoms with Crippen LogP contribution in [0.15, 0.2) is 24.3 Å². The maximum absolute atomic E-state index is 12.5. The van der Waals surface area contributed by atoms with Gasteiger partial charge in [-0.05, 0) is 57.8 Å². The van der Waals surface area contributed by atoms with Gasteiger partial charge >= 0.3 is 5.97 Å². The van der Waals surface area contributed by atoms with E-state index in [-0.39, 0.29) is 18.5 Å². The van der Waals surface area contributed by atoms with E-state index in [2.05, 4.69) is 43.5 Å². The molecule has 0 bridgehead atoms. The molecule has 0 spiro atoms. The van der Waals surface area contributed by atoms with Crippen molar-refractivity contribution in [3.8, 4) is 0 Å². The summed E-state index contributed by atoms with van der Waals surface area (Å²) < 4.78 is 5.48. The second kappa shape index (κ2) is 60.9.